The minimum atomic E-state index is -4.95. The van der Waals surface area contributed by atoms with Crippen LogP contribution >= 0.6 is 15.6 Å². The molecule has 4 unspecified atom stereocenters. The molecular weight excluding hydrogens is 1140 g/mol. The summed E-state index contributed by atoms with van der Waals surface area (Å²) in [6.45, 7) is 14.0. The van der Waals surface area contributed by atoms with Gasteiger partial charge in [-0.1, -0.05) is 274 Å². The molecule has 0 rings (SSSR count). The Morgan fingerprint density at radius 1 is 0.326 bits per heavy atom. The molecule has 0 radical (unpaired) electrons. The number of carbonyl (C=O) groups excluding carboxylic acids is 4. The van der Waals surface area contributed by atoms with Crippen LogP contribution in [-0.4, -0.2) is 96.7 Å². The van der Waals surface area contributed by atoms with Crippen molar-refractivity contribution in [1.82, 2.24) is 0 Å². The Bertz CT molecular complexity index is 1720. The van der Waals surface area contributed by atoms with Gasteiger partial charge in [0.05, 0.1) is 26.4 Å². The first-order valence-corrected chi connectivity index (χ1v) is 37.8. The van der Waals surface area contributed by atoms with Crippen LogP contribution in [0.3, 0.4) is 0 Å². The van der Waals surface area contributed by atoms with Gasteiger partial charge in [0.15, 0.2) is 12.2 Å². The normalized spacial score (nSPS) is 15.0. The zero-order valence-electron chi connectivity index (χ0n) is 55.9. The van der Waals surface area contributed by atoms with Gasteiger partial charge < -0.3 is 33.8 Å². The summed E-state index contributed by atoms with van der Waals surface area (Å²) >= 11 is 0. The lowest BCUT2D eigenvalue weighted by Crippen LogP contribution is -2.30. The van der Waals surface area contributed by atoms with Crippen LogP contribution in [0.4, 0.5) is 0 Å². The molecule has 0 saturated heterocycles. The predicted octanol–water partition coefficient (Wildman–Crippen LogP) is 18.5. The van der Waals surface area contributed by atoms with Gasteiger partial charge in [-0.05, 0) is 49.4 Å². The molecule has 0 aromatic heterocycles. The standard InChI is InChI=1S/C67H130O17P2/c1-9-59(7)45-37-29-21-16-17-23-33-41-49-66(71)83-63(54-78-65(70)48-40-32-26-25-30-38-46-60(8)10-2)56-82-86(75,76)80-52-61(68)51-79-85(73,74)81-55-62(84-67(72)50-42-34-24-18-20-28-36-44-58(5)6)53-77-64(69)47-39-31-22-15-13-11-12-14-19-27-35-43-57(3)4/h57-63,68H,9-56H2,1-8H3,(H,73,74)(H,75,76)/t59?,60?,61-,62-,63-/m1/s1. The lowest BCUT2D eigenvalue weighted by atomic mass is 9.99. The Morgan fingerprint density at radius 2 is 0.558 bits per heavy atom. The fourth-order valence-corrected chi connectivity index (χ4v) is 11.5. The summed E-state index contributed by atoms with van der Waals surface area (Å²) in [5.74, 6) is 0.830. The molecule has 0 fully saturated rings. The first kappa shape index (κ1) is 84.1. The van der Waals surface area contributed by atoms with Crippen molar-refractivity contribution < 1.29 is 80.2 Å². The van der Waals surface area contributed by atoms with Crippen LogP contribution in [0.5, 0.6) is 0 Å². The number of hydrogen-bond donors (Lipinski definition) is 3. The van der Waals surface area contributed by atoms with Gasteiger partial charge in [0.1, 0.15) is 19.3 Å². The van der Waals surface area contributed by atoms with Crippen LogP contribution in [0, 0.1) is 23.7 Å². The summed E-state index contributed by atoms with van der Waals surface area (Å²) in [5.41, 5.74) is 0. The third-order valence-corrected chi connectivity index (χ3v) is 17.9. The van der Waals surface area contributed by atoms with Crippen molar-refractivity contribution in [1.29, 1.82) is 0 Å². The third-order valence-electron chi connectivity index (χ3n) is 16.0. The molecule has 0 heterocycles. The lowest BCUT2D eigenvalue weighted by molar-refractivity contribution is -0.161. The van der Waals surface area contributed by atoms with Crippen molar-refractivity contribution >= 4 is 39.5 Å². The maximum absolute atomic E-state index is 13.0. The van der Waals surface area contributed by atoms with Crippen molar-refractivity contribution in [3.05, 3.63) is 0 Å². The number of ether oxygens (including phenoxy) is 4. The summed E-state index contributed by atoms with van der Waals surface area (Å²) in [4.78, 5) is 72.4. The molecule has 0 spiro atoms. The molecule has 0 aliphatic carbocycles. The molecule has 0 amide bonds. The fraction of sp³-hybridized carbons (Fsp3) is 0.940. The van der Waals surface area contributed by atoms with Crippen molar-refractivity contribution in [2.24, 2.45) is 23.7 Å². The predicted molar refractivity (Wildman–Crippen MR) is 344 cm³/mol. The molecular formula is C67H130O17P2. The van der Waals surface area contributed by atoms with Gasteiger partial charge in [-0.25, -0.2) is 9.13 Å². The second kappa shape index (κ2) is 57.0. The molecule has 3 N–H and O–H groups in total. The minimum Gasteiger partial charge on any atom is -0.462 e. The van der Waals surface area contributed by atoms with Crippen LogP contribution in [0.2, 0.25) is 0 Å². The smallest absolute Gasteiger partial charge is 0.462 e. The molecule has 510 valence electrons. The molecule has 7 atom stereocenters. The quantitative estimate of drug-likeness (QED) is 0.0222. The van der Waals surface area contributed by atoms with Gasteiger partial charge in [-0.15, -0.1) is 0 Å². The van der Waals surface area contributed by atoms with Crippen LogP contribution in [-0.2, 0) is 65.4 Å². The highest BCUT2D eigenvalue weighted by molar-refractivity contribution is 7.47. The lowest BCUT2D eigenvalue weighted by Gasteiger charge is -2.21. The number of rotatable bonds is 64. The first-order chi connectivity index (χ1) is 41.2. The number of phosphoric ester groups is 2. The van der Waals surface area contributed by atoms with Gasteiger partial charge in [-0.2, -0.15) is 0 Å². The van der Waals surface area contributed by atoms with Gasteiger partial charge >= 0.3 is 39.5 Å². The third kappa shape index (κ3) is 58.4. The van der Waals surface area contributed by atoms with Crippen LogP contribution in [0.15, 0.2) is 0 Å². The summed E-state index contributed by atoms with van der Waals surface area (Å²) in [6, 6.07) is 0. The topological polar surface area (TPSA) is 237 Å². The highest BCUT2D eigenvalue weighted by Gasteiger charge is 2.30. The maximum Gasteiger partial charge on any atom is 0.472 e. The monoisotopic (exact) mass is 1270 g/mol. The highest BCUT2D eigenvalue weighted by Crippen LogP contribution is 2.45. The van der Waals surface area contributed by atoms with E-state index in [0.29, 0.717) is 31.6 Å². The van der Waals surface area contributed by atoms with E-state index in [1.807, 2.05) is 0 Å². The molecule has 0 aromatic rings. The Morgan fingerprint density at radius 3 is 0.826 bits per heavy atom. The molecule has 0 aliphatic heterocycles. The second-order valence-corrected chi connectivity index (χ2v) is 28.6. The summed E-state index contributed by atoms with van der Waals surface area (Å²) in [6.07, 6.45) is 37.6. The molecule has 19 heteroatoms. The van der Waals surface area contributed by atoms with E-state index in [0.717, 1.165) is 114 Å². The van der Waals surface area contributed by atoms with E-state index in [2.05, 4.69) is 55.4 Å². The van der Waals surface area contributed by atoms with Crippen LogP contribution in [0.25, 0.3) is 0 Å². The van der Waals surface area contributed by atoms with Crippen molar-refractivity contribution in [2.75, 3.05) is 39.6 Å². The molecule has 86 heavy (non-hydrogen) atoms. The van der Waals surface area contributed by atoms with E-state index in [1.54, 1.807) is 0 Å². The largest absolute Gasteiger partial charge is 0.472 e. The minimum absolute atomic E-state index is 0.103. The number of aliphatic hydroxyl groups is 1. The number of phosphoric acid groups is 2. The number of esters is 4. The summed E-state index contributed by atoms with van der Waals surface area (Å²) < 4.78 is 68.1. The molecule has 0 aliphatic rings. The molecule has 0 aromatic carbocycles. The Kier molecular flexibility index (Phi) is 55.7. The fourth-order valence-electron chi connectivity index (χ4n) is 9.89. The average Bonchev–Trinajstić information content (AvgIpc) is 3.69. The summed E-state index contributed by atoms with van der Waals surface area (Å²) in [7, 11) is -9.90. The second-order valence-electron chi connectivity index (χ2n) is 25.6. The van der Waals surface area contributed by atoms with E-state index >= 15 is 0 Å². The number of hydrogen-bond acceptors (Lipinski definition) is 15. The van der Waals surface area contributed by atoms with Gasteiger partial charge in [0.2, 0.25) is 0 Å². The van der Waals surface area contributed by atoms with E-state index in [4.69, 9.17) is 37.0 Å². The average molecular weight is 1270 g/mol. The number of unbranched alkanes of at least 4 members (excludes halogenated alkanes) is 28. The van der Waals surface area contributed by atoms with Gasteiger partial charge in [-0.3, -0.25) is 37.3 Å². The Labute approximate surface area is 524 Å². The van der Waals surface area contributed by atoms with Crippen molar-refractivity contribution in [3.63, 3.8) is 0 Å². The highest BCUT2D eigenvalue weighted by atomic mass is 31.2. The van der Waals surface area contributed by atoms with Crippen LogP contribution < -0.4 is 0 Å². The van der Waals surface area contributed by atoms with E-state index in [9.17, 15) is 43.2 Å². The maximum atomic E-state index is 13.0. The molecule has 0 saturated carbocycles. The SMILES string of the molecule is CCC(C)CCCCCCCCCCC(=O)O[C@H](COC(=O)CCCCCCCCC(C)CC)COP(=O)(O)OC[C@H](O)COP(=O)(O)OC[C@@H](COC(=O)CCCCCCCCCCCCCC(C)C)OC(=O)CCCCCCCCCC(C)C. The Hall–Kier alpha value is -1.94. The van der Waals surface area contributed by atoms with Crippen LogP contribution in [0.1, 0.15) is 325 Å². The molecule has 17 nitrogen and oxygen atoms in total. The van der Waals surface area contributed by atoms with E-state index in [-0.39, 0.29) is 25.7 Å². The van der Waals surface area contributed by atoms with E-state index < -0.39 is 97.5 Å². The number of carbonyl (C=O) groups is 4. The van der Waals surface area contributed by atoms with Gasteiger partial charge in [0, 0.05) is 25.7 Å². The zero-order valence-corrected chi connectivity index (χ0v) is 57.7. The van der Waals surface area contributed by atoms with Crippen molar-refractivity contribution in [3.8, 4) is 0 Å². The Balaban J connectivity index is 5.25. The van der Waals surface area contributed by atoms with Gasteiger partial charge in [0.25, 0.3) is 0 Å². The first-order valence-electron chi connectivity index (χ1n) is 34.8. The zero-order chi connectivity index (χ0) is 63.9. The summed E-state index contributed by atoms with van der Waals surface area (Å²) in [5, 5.41) is 10.6. The molecule has 0 bridgehead atoms. The van der Waals surface area contributed by atoms with E-state index in [1.165, 1.54) is 122 Å². The van der Waals surface area contributed by atoms with Crippen molar-refractivity contribution in [2.45, 2.75) is 343 Å². The number of aliphatic hydroxyl groups excluding tert-OH is 1.